The second kappa shape index (κ2) is 4.61. The van der Waals surface area contributed by atoms with E-state index in [1.807, 2.05) is 19.1 Å². The minimum Gasteiger partial charge on any atom is -0.389 e. The highest BCUT2D eigenvalue weighted by Gasteiger charge is 2.29. The predicted molar refractivity (Wildman–Crippen MR) is 75.5 cm³/mol. The topological polar surface area (TPSA) is 42.1 Å². The fourth-order valence-corrected chi connectivity index (χ4v) is 2.71. The van der Waals surface area contributed by atoms with Gasteiger partial charge >= 0.3 is 0 Å². The average molecular weight is 249 g/mol. The van der Waals surface area contributed by atoms with Crippen molar-refractivity contribution >= 4 is 23.0 Å². The van der Waals surface area contributed by atoms with Gasteiger partial charge < -0.3 is 10.6 Å². The molecule has 0 radical (unpaired) electrons. The van der Waals surface area contributed by atoms with E-state index in [0.717, 1.165) is 23.6 Å². The highest BCUT2D eigenvalue weighted by atomic mass is 32.1. The Hall–Kier alpha value is -1.16. The van der Waals surface area contributed by atoms with Crippen LogP contribution in [0.25, 0.3) is 0 Å². The summed E-state index contributed by atoms with van der Waals surface area (Å²) in [5.41, 5.74) is 7.68. The molecule has 92 valence electrons. The minimum atomic E-state index is 0.430. The van der Waals surface area contributed by atoms with E-state index in [1.165, 1.54) is 6.42 Å². The Morgan fingerprint density at radius 3 is 2.71 bits per heavy atom. The number of thiocarbonyl (C=S) groups is 1. The molecule has 0 spiro atoms. The molecule has 0 amide bonds. The van der Waals surface area contributed by atoms with E-state index in [-0.39, 0.29) is 0 Å². The van der Waals surface area contributed by atoms with Gasteiger partial charge in [0.25, 0.3) is 0 Å². The maximum atomic E-state index is 5.78. The van der Waals surface area contributed by atoms with Gasteiger partial charge in [-0.2, -0.15) is 0 Å². The second-order valence-electron chi connectivity index (χ2n) is 5.03. The summed E-state index contributed by atoms with van der Waals surface area (Å²) >= 11 is 5.11. The molecule has 2 heterocycles. The largest absolute Gasteiger partial charge is 0.389 e. The van der Waals surface area contributed by atoms with Crippen molar-refractivity contribution in [3.05, 3.63) is 23.4 Å². The summed E-state index contributed by atoms with van der Waals surface area (Å²) in [4.78, 5) is 7.38. The van der Waals surface area contributed by atoms with Crippen LogP contribution in [0.5, 0.6) is 0 Å². The van der Waals surface area contributed by atoms with Crippen molar-refractivity contribution in [3.63, 3.8) is 0 Å². The third-order valence-corrected chi connectivity index (χ3v) is 3.56. The summed E-state index contributed by atoms with van der Waals surface area (Å²) < 4.78 is 0. The molecule has 2 unspecified atom stereocenters. The standard InChI is InChI=1S/C13H19N3S/c1-8-6-10(3)16(7-8)13-11(12(14)17)5-4-9(2)15-13/h4-5,8,10H,6-7H2,1-3H3,(H2,14,17). The second-order valence-corrected chi connectivity index (χ2v) is 5.47. The third-order valence-electron chi connectivity index (χ3n) is 3.34. The van der Waals surface area contributed by atoms with Crippen LogP contribution < -0.4 is 10.6 Å². The van der Waals surface area contributed by atoms with E-state index in [9.17, 15) is 0 Å². The smallest absolute Gasteiger partial charge is 0.139 e. The zero-order valence-electron chi connectivity index (χ0n) is 10.6. The Balaban J connectivity index is 2.43. The molecule has 1 aliphatic rings. The molecule has 0 aliphatic carbocycles. The highest BCUT2D eigenvalue weighted by Crippen LogP contribution is 2.29. The molecule has 1 saturated heterocycles. The van der Waals surface area contributed by atoms with Crippen LogP contribution in [0.15, 0.2) is 12.1 Å². The van der Waals surface area contributed by atoms with Gasteiger partial charge in [-0.15, -0.1) is 0 Å². The molecular weight excluding hydrogens is 230 g/mol. The first-order chi connectivity index (χ1) is 7.99. The minimum absolute atomic E-state index is 0.430. The lowest BCUT2D eigenvalue weighted by atomic mass is 10.1. The van der Waals surface area contributed by atoms with Crippen molar-refractivity contribution in [2.75, 3.05) is 11.4 Å². The molecule has 2 rings (SSSR count). The summed E-state index contributed by atoms with van der Waals surface area (Å²) in [6, 6.07) is 4.45. The molecule has 0 saturated carbocycles. The van der Waals surface area contributed by atoms with E-state index in [0.29, 0.717) is 16.9 Å². The fourth-order valence-electron chi connectivity index (χ4n) is 2.55. The number of rotatable bonds is 2. The maximum Gasteiger partial charge on any atom is 0.139 e. The first-order valence-corrected chi connectivity index (χ1v) is 6.44. The van der Waals surface area contributed by atoms with Gasteiger partial charge in [0, 0.05) is 18.3 Å². The predicted octanol–water partition coefficient (Wildman–Crippen LogP) is 2.26. The molecule has 1 aromatic rings. The van der Waals surface area contributed by atoms with Gasteiger partial charge in [0.15, 0.2) is 0 Å². The van der Waals surface area contributed by atoms with Crippen LogP contribution in [-0.2, 0) is 0 Å². The van der Waals surface area contributed by atoms with E-state index < -0.39 is 0 Å². The van der Waals surface area contributed by atoms with E-state index >= 15 is 0 Å². The van der Waals surface area contributed by atoms with Gasteiger partial charge in [-0.3, -0.25) is 0 Å². The number of hydrogen-bond acceptors (Lipinski definition) is 3. The van der Waals surface area contributed by atoms with Crippen molar-refractivity contribution in [2.45, 2.75) is 33.2 Å². The van der Waals surface area contributed by atoms with Gasteiger partial charge in [-0.25, -0.2) is 4.98 Å². The Morgan fingerprint density at radius 2 is 2.18 bits per heavy atom. The first-order valence-electron chi connectivity index (χ1n) is 6.03. The SMILES string of the molecule is Cc1ccc(C(N)=S)c(N2CC(C)CC2C)n1. The molecule has 0 aromatic carbocycles. The van der Waals surface area contributed by atoms with E-state index in [2.05, 4.69) is 23.7 Å². The number of anilines is 1. The van der Waals surface area contributed by atoms with Crippen LogP contribution in [0.2, 0.25) is 0 Å². The van der Waals surface area contributed by atoms with Crippen LogP contribution in [0.1, 0.15) is 31.5 Å². The van der Waals surface area contributed by atoms with Gasteiger partial charge in [0.1, 0.15) is 10.8 Å². The lowest BCUT2D eigenvalue weighted by Gasteiger charge is -2.25. The summed E-state index contributed by atoms with van der Waals surface area (Å²) in [7, 11) is 0. The summed E-state index contributed by atoms with van der Waals surface area (Å²) in [6.45, 7) is 7.54. The lowest BCUT2D eigenvalue weighted by Crippen LogP contribution is -2.30. The summed E-state index contributed by atoms with van der Waals surface area (Å²) in [5.74, 6) is 1.65. The quantitative estimate of drug-likeness (QED) is 0.816. The van der Waals surface area contributed by atoms with Crippen LogP contribution in [0.4, 0.5) is 5.82 Å². The maximum absolute atomic E-state index is 5.78. The number of pyridine rings is 1. The third kappa shape index (κ3) is 2.41. The Labute approximate surface area is 108 Å². The molecule has 4 heteroatoms. The van der Waals surface area contributed by atoms with Crippen LogP contribution in [-0.4, -0.2) is 22.6 Å². The van der Waals surface area contributed by atoms with Gasteiger partial charge in [0.2, 0.25) is 0 Å². The molecule has 1 fully saturated rings. The zero-order valence-corrected chi connectivity index (χ0v) is 11.4. The molecule has 3 nitrogen and oxygen atoms in total. The van der Waals surface area contributed by atoms with Crippen molar-refractivity contribution in [1.29, 1.82) is 0 Å². The number of aromatic nitrogens is 1. The van der Waals surface area contributed by atoms with Crippen LogP contribution >= 0.6 is 12.2 Å². The number of nitrogens with zero attached hydrogens (tertiary/aromatic N) is 2. The summed E-state index contributed by atoms with van der Waals surface area (Å²) in [6.07, 6.45) is 1.20. The highest BCUT2D eigenvalue weighted by molar-refractivity contribution is 7.80. The van der Waals surface area contributed by atoms with Crippen LogP contribution in [0, 0.1) is 12.8 Å². The van der Waals surface area contributed by atoms with Crippen molar-refractivity contribution < 1.29 is 0 Å². The number of aryl methyl sites for hydroxylation is 1. The van der Waals surface area contributed by atoms with Gasteiger partial charge in [0.05, 0.1) is 5.56 Å². The normalized spacial score (nSPS) is 24.1. The lowest BCUT2D eigenvalue weighted by molar-refractivity contribution is 0.625. The molecule has 1 aromatic heterocycles. The van der Waals surface area contributed by atoms with Gasteiger partial charge in [-0.1, -0.05) is 19.1 Å². The Kier molecular flexibility index (Phi) is 3.33. The van der Waals surface area contributed by atoms with E-state index in [1.54, 1.807) is 0 Å². The molecule has 2 N–H and O–H groups in total. The van der Waals surface area contributed by atoms with Crippen molar-refractivity contribution in [3.8, 4) is 0 Å². The average Bonchev–Trinajstić information content (AvgIpc) is 2.57. The molecule has 0 bridgehead atoms. The summed E-state index contributed by atoms with van der Waals surface area (Å²) in [5, 5.41) is 0. The first kappa shape index (κ1) is 12.3. The molecule has 2 atom stereocenters. The monoisotopic (exact) mass is 249 g/mol. The fraction of sp³-hybridized carbons (Fsp3) is 0.538. The Bertz CT molecular complexity index is 444. The molecule has 1 aliphatic heterocycles. The van der Waals surface area contributed by atoms with E-state index in [4.69, 9.17) is 18.0 Å². The molecule has 17 heavy (non-hydrogen) atoms. The van der Waals surface area contributed by atoms with Gasteiger partial charge in [-0.05, 0) is 38.3 Å². The number of nitrogens with two attached hydrogens (primary N) is 1. The van der Waals surface area contributed by atoms with Crippen molar-refractivity contribution in [2.24, 2.45) is 11.7 Å². The van der Waals surface area contributed by atoms with Crippen LogP contribution in [0.3, 0.4) is 0 Å². The number of hydrogen-bond donors (Lipinski definition) is 1. The van der Waals surface area contributed by atoms with Crippen molar-refractivity contribution in [1.82, 2.24) is 4.98 Å². The molecular formula is C13H19N3S. The zero-order chi connectivity index (χ0) is 12.6. The Morgan fingerprint density at radius 1 is 1.47 bits per heavy atom.